The van der Waals surface area contributed by atoms with Gasteiger partial charge in [0.1, 0.15) is 0 Å². The average molecular weight is 861 g/mol. The Morgan fingerprint density at radius 1 is 0.593 bits per heavy atom. The summed E-state index contributed by atoms with van der Waals surface area (Å²) in [6, 6.07) is 27.5. The van der Waals surface area contributed by atoms with E-state index < -0.39 is 0 Å². The Labute approximate surface area is 382 Å². The van der Waals surface area contributed by atoms with Crippen LogP contribution < -0.4 is 0 Å². The molecule has 0 aliphatic rings. The first kappa shape index (κ1) is 71.4. The van der Waals surface area contributed by atoms with Crippen LogP contribution in [0.1, 0.15) is 186 Å². The second-order valence-corrected chi connectivity index (χ2v) is 17.0. The van der Waals surface area contributed by atoms with Gasteiger partial charge in [0.2, 0.25) is 0 Å². The maximum atomic E-state index is 8.06. The van der Waals surface area contributed by atoms with Crippen molar-refractivity contribution in [3.63, 3.8) is 0 Å². The fourth-order valence-electron chi connectivity index (χ4n) is 3.17. The lowest BCUT2D eigenvalue weighted by Crippen LogP contribution is -1.85. The first-order valence-corrected chi connectivity index (χ1v) is 25.4. The number of thiol groups is 1. The van der Waals surface area contributed by atoms with Crippen molar-refractivity contribution in [3.05, 3.63) is 107 Å². The van der Waals surface area contributed by atoms with Crippen molar-refractivity contribution >= 4 is 35.3 Å². The summed E-state index contributed by atoms with van der Waals surface area (Å²) in [7, 11) is 0. The zero-order valence-electron chi connectivity index (χ0n) is 43.6. The normalized spacial score (nSPS) is 8.95. The maximum absolute atomic E-state index is 8.06. The van der Waals surface area contributed by atoms with Gasteiger partial charge >= 0.3 is 0 Å². The third kappa shape index (κ3) is 70.7. The molecule has 4 rings (SSSR count). The van der Waals surface area contributed by atoms with Crippen LogP contribution in [0.25, 0.3) is 10.9 Å². The van der Waals surface area contributed by atoms with E-state index in [0.717, 1.165) is 42.8 Å². The predicted octanol–water partition coefficient (Wildman–Crippen LogP) is 18.8. The van der Waals surface area contributed by atoms with Crippen LogP contribution >= 0.6 is 24.4 Å². The van der Waals surface area contributed by atoms with Gasteiger partial charge in [0.05, 0.1) is 0 Å². The first-order chi connectivity index (χ1) is 27.9. The molecule has 0 radical (unpaired) electrons. The highest BCUT2D eigenvalue weighted by Gasteiger charge is 1.98. The van der Waals surface area contributed by atoms with Gasteiger partial charge in [-0.1, -0.05) is 222 Å². The van der Waals surface area contributed by atoms with Crippen LogP contribution in [0.5, 0.6) is 0 Å². The van der Waals surface area contributed by atoms with Crippen LogP contribution in [-0.4, -0.2) is 34.0 Å². The molecule has 0 aliphatic carbocycles. The summed E-state index contributed by atoms with van der Waals surface area (Å²) in [6.07, 6.45) is 12.6. The maximum Gasteiger partial charge on any atom is 0.0483 e. The first-order valence-electron chi connectivity index (χ1n) is 23.3. The third-order valence-corrected chi connectivity index (χ3v) is 7.69. The molecule has 0 fully saturated rings. The third-order valence-electron chi connectivity index (χ3n) is 6.88. The number of H-pyrrole nitrogens is 1. The minimum Gasteiger partial charge on any atom is -0.394 e. The molecule has 4 heteroatoms. The van der Waals surface area contributed by atoms with E-state index in [2.05, 4.69) is 214 Å². The van der Waals surface area contributed by atoms with Crippen molar-refractivity contribution < 1.29 is 5.11 Å². The minimum atomic E-state index is -0.167. The molecule has 0 saturated heterocycles. The number of benzene rings is 3. The van der Waals surface area contributed by atoms with Crippen molar-refractivity contribution in [2.24, 2.45) is 17.8 Å². The van der Waals surface area contributed by atoms with Gasteiger partial charge in [-0.2, -0.15) is 24.4 Å². The minimum absolute atomic E-state index is 0.167. The number of thioether (sulfide) groups is 1. The van der Waals surface area contributed by atoms with Gasteiger partial charge in [-0.15, -0.1) is 0 Å². The van der Waals surface area contributed by atoms with Crippen molar-refractivity contribution in [1.82, 2.24) is 4.98 Å². The van der Waals surface area contributed by atoms with Gasteiger partial charge in [-0.3, -0.25) is 0 Å². The highest BCUT2D eigenvalue weighted by molar-refractivity contribution is 7.98. The van der Waals surface area contributed by atoms with E-state index >= 15 is 0 Å². The van der Waals surface area contributed by atoms with Crippen molar-refractivity contribution in [2.45, 2.75) is 196 Å². The number of nitrogens with one attached hydrogen (secondary N) is 1. The molecule has 2 nitrogen and oxygen atoms in total. The molecule has 0 spiro atoms. The Bertz CT molecular complexity index is 1210. The van der Waals surface area contributed by atoms with Crippen LogP contribution in [-0.2, 0) is 19.3 Å². The molecule has 0 unspecified atom stereocenters. The SMILES string of the molecule is CC.CC(C)C.CC(C)O.CCC.CCC(C)C.CCC(C)C.CCCSC.CCS.CCc1c[nH]c2ccccc12.CCc1ccc(C)cc1.CCc1ccccc1. The Kier molecular flexibility index (Phi) is 72.8. The van der Waals surface area contributed by atoms with Crippen LogP contribution in [0.15, 0.2) is 85.1 Å². The van der Waals surface area contributed by atoms with Gasteiger partial charge in [0.25, 0.3) is 0 Å². The molecule has 4 aromatic rings. The van der Waals surface area contributed by atoms with Crippen molar-refractivity contribution in [3.8, 4) is 0 Å². The molecular formula is C55H105NOS2. The molecular weight excluding hydrogens is 755 g/mol. The summed E-state index contributed by atoms with van der Waals surface area (Å²) in [5, 5.41) is 9.41. The zero-order valence-corrected chi connectivity index (χ0v) is 45.3. The van der Waals surface area contributed by atoms with Gasteiger partial charge in [-0.25, -0.2) is 0 Å². The number of hydrogen-bond acceptors (Lipinski definition) is 3. The number of fused-ring (bicyclic) bond motifs is 1. The molecule has 2 N–H and O–H groups in total. The number of aliphatic hydroxyl groups excluding tert-OH is 1. The van der Waals surface area contributed by atoms with E-state index in [1.807, 2.05) is 38.6 Å². The molecule has 0 atom stereocenters. The lowest BCUT2D eigenvalue weighted by Gasteiger charge is -1.94. The van der Waals surface area contributed by atoms with Gasteiger partial charge < -0.3 is 10.1 Å². The summed E-state index contributed by atoms with van der Waals surface area (Å²) < 4.78 is 0. The Balaban J connectivity index is -0.000000105. The largest absolute Gasteiger partial charge is 0.394 e. The molecule has 348 valence electrons. The van der Waals surface area contributed by atoms with Crippen LogP contribution in [0.2, 0.25) is 0 Å². The number of hydrogen-bond donors (Lipinski definition) is 3. The highest BCUT2D eigenvalue weighted by Crippen LogP contribution is 2.17. The van der Waals surface area contributed by atoms with E-state index in [9.17, 15) is 0 Å². The number of aliphatic hydroxyl groups is 1. The van der Waals surface area contributed by atoms with Gasteiger partial charge in [0, 0.05) is 23.2 Å². The average Bonchev–Trinajstić information content (AvgIpc) is 3.64. The summed E-state index contributed by atoms with van der Waals surface area (Å²) in [4.78, 5) is 3.24. The molecule has 1 heterocycles. The smallest absolute Gasteiger partial charge is 0.0483 e. The monoisotopic (exact) mass is 860 g/mol. The number of aromatic nitrogens is 1. The summed E-state index contributed by atoms with van der Waals surface area (Å²) >= 11 is 5.69. The number of rotatable bonds is 7. The molecule has 0 bridgehead atoms. The molecule has 3 aromatic carbocycles. The van der Waals surface area contributed by atoms with E-state index in [1.165, 1.54) is 64.6 Å². The molecule has 59 heavy (non-hydrogen) atoms. The molecule has 0 amide bonds. The van der Waals surface area contributed by atoms with E-state index in [1.54, 1.807) is 13.8 Å². The summed E-state index contributed by atoms with van der Waals surface area (Å²) in [5.74, 6) is 4.85. The number of aromatic amines is 1. The van der Waals surface area contributed by atoms with E-state index in [4.69, 9.17) is 5.11 Å². The quantitative estimate of drug-likeness (QED) is 0.162. The fraction of sp³-hybridized carbons (Fsp3) is 0.636. The van der Waals surface area contributed by atoms with E-state index in [0.29, 0.717) is 0 Å². The fourth-order valence-corrected chi connectivity index (χ4v) is 3.57. The van der Waals surface area contributed by atoms with Crippen LogP contribution in [0, 0.1) is 24.7 Å². The Hall–Kier alpha value is -2.14. The van der Waals surface area contributed by atoms with Crippen molar-refractivity contribution in [2.75, 3.05) is 17.8 Å². The Morgan fingerprint density at radius 2 is 0.932 bits per heavy atom. The lowest BCUT2D eigenvalue weighted by atomic mass is 10.1. The van der Waals surface area contributed by atoms with Crippen LogP contribution in [0.3, 0.4) is 0 Å². The lowest BCUT2D eigenvalue weighted by molar-refractivity contribution is 0.216. The highest BCUT2D eigenvalue weighted by atomic mass is 32.2. The molecule has 1 aromatic heterocycles. The predicted molar refractivity (Wildman–Crippen MR) is 288 cm³/mol. The standard InChI is InChI=1S/C10H11N.C9H12.C8H10.2C5H12.C4H10S.C4H10.C3H8O.C3H8.C2H6S.C2H6/c1-2-8-7-11-10-6-4-3-5-9(8)10;1-3-9-6-4-8(2)5-7-9;1-2-8-6-4-3-5-7-8;2*1-4-5(2)3;1-3-4-5-2;1-4(2)3;1-3(2)4;1-3-2;1-2-3;1-2/h3-7,11H,2H2,1H3;4-7H,3H2,1-2H3;3-7H,2H2,1H3;2*5H,4H2,1-3H3;3-4H2,1-2H3;4H,1-3H3;3-4H,1-2H3;3H2,1-2H3;3H,2H2,1H3;1-2H3. The van der Waals surface area contributed by atoms with Crippen molar-refractivity contribution in [1.29, 1.82) is 0 Å². The number of aryl methyl sites for hydroxylation is 4. The number of para-hydroxylation sites is 1. The topological polar surface area (TPSA) is 36.0 Å². The second-order valence-electron chi connectivity index (χ2n) is 15.3. The second kappa shape index (κ2) is 60.2. The summed E-state index contributed by atoms with van der Waals surface area (Å²) in [5.41, 5.74) is 6.81. The summed E-state index contributed by atoms with van der Waals surface area (Å²) in [6.45, 7) is 44.3. The van der Waals surface area contributed by atoms with Crippen LogP contribution in [0.4, 0.5) is 0 Å². The van der Waals surface area contributed by atoms with Gasteiger partial charge in [0.15, 0.2) is 0 Å². The Morgan fingerprint density at radius 3 is 1.20 bits per heavy atom. The zero-order chi connectivity index (χ0) is 47.5. The van der Waals surface area contributed by atoms with E-state index in [-0.39, 0.29) is 6.10 Å². The molecule has 0 saturated carbocycles. The molecule has 0 aliphatic heterocycles. The van der Waals surface area contributed by atoms with Gasteiger partial charge in [-0.05, 0) is 105 Å².